The topological polar surface area (TPSA) is 78.4 Å². The highest BCUT2D eigenvalue weighted by Crippen LogP contribution is 2.25. The zero-order valence-corrected chi connectivity index (χ0v) is 12.9. The fraction of sp³-hybridized carbons (Fsp3) is 0.143. The summed E-state index contributed by atoms with van der Waals surface area (Å²) in [6.45, 7) is 0.385. The number of hydrogen-bond acceptors (Lipinski definition) is 4. The summed E-state index contributed by atoms with van der Waals surface area (Å²) in [6.07, 6.45) is 0. The van der Waals surface area contributed by atoms with Crippen LogP contribution in [0.4, 0.5) is 5.69 Å². The van der Waals surface area contributed by atoms with Gasteiger partial charge in [-0.1, -0.05) is 29.8 Å². The van der Waals surface area contributed by atoms with Crippen molar-refractivity contribution in [1.29, 1.82) is 0 Å². The largest absolute Gasteiger partial charge is 0.506 e. The van der Waals surface area contributed by atoms with Crippen LogP contribution in [-0.2, 0) is 16.6 Å². The van der Waals surface area contributed by atoms with E-state index in [1.807, 2.05) is 0 Å². The summed E-state index contributed by atoms with van der Waals surface area (Å²) in [5.41, 5.74) is 1.32. The fourth-order valence-electron chi connectivity index (χ4n) is 1.81. The van der Waals surface area contributed by atoms with Gasteiger partial charge in [-0.25, -0.2) is 13.1 Å². The zero-order chi connectivity index (χ0) is 15.5. The number of para-hydroxylation sites is 1. The van der Waals surface area contributed by atoms with Gasteiger partial charge < -0.3 is 10.4 Å². The highest BCUT2D eigenvalue weighted by atomic mass is 35.5. The van der Waals surface area contributed by atoms with Gasteiger partial charge >= 0.3 is 0 Å². The molecule has 0 atom stereocenters. The second-order valence-corrected chi connectivity index (χ2v) is 6.61. The lowest BCUT2D eigenvalue weighted by atomic mass is 10.2. The van der Waals surface area contributed by atoms with Crippen LogP contribution in [0.1, 0.15) is 5.56 Å². The Hall–Kier alpha value is -1.76. The maximum atomic E-state index is 11.9. The predicted octanol–water partition coefficient (Wildman–Crippen LogP) is 2.57. The van der Waals surface area contributed by atoms with E-state index >= 15 is 0 Å². The van der Waals surface area contributed by atoms with Gasteiger partial charge in [-0.2, -0.15) is 0 Å². The summed E-state index contributed by atoms with van der Waals surface area (Å²) in [6, 6.07) is 11.5. The van der Waals surface area contributed by atoms with Crippen molar-refractivity contribution in [3.05, 3.63) is 53.1 Å². The predicted molar refractivity (Wildman–Crippen MR) is 83.1 cm³/mol. The van der Waals surface area contributed by atoms with E-state index in [2.05, 4.69) is 10.0 Å². The van der Waals surface area contributed by atoms with Crippen LogP contribution in [0.25, 0.3) is 0 Å². The molecule has 112 valence electrons. The Morgan fingerprint density at radius 2 is 1.90 bits per heavy atom. The summed E-state index contributed by atoms with van der Waals surface area (Å²) in [5.74, 6) is 0.0126. The number of nitrogens with one attached hydrogen (secondary N) is 2. The summed E-state index contributed by atoms with van der Waals surface area (Å²) in [7, 11) is -2.16. The van der Waals surface area contributed by atoms with Crippen LogP contribution in [0.3, 0.4) is 0 Å². The normalized spacial score (nSPS) is 11.3. The fourth-order valence-corrected chi connectivity index (χ4v) is 2.93. The molecule has 2 aromatic carbocycles. The summed E-state index contributed by atoms with van der Waals surface area (Å²) < 4.78 is 26.1. The molecule has 0 aromatic heterocycles. The Kier molecular flexibility index (Phi) is 4.72. The molecule has 0 aliphatic heterocycles. The smallest absolute Gasteiger partial charge is 0.242 e. The number of halogens is 1. The SMILES string of the molecule is CNS(=O)(=O)c1ccccc1NCc1ccc(O)c(Cl)c1. The molecule has 0 heterocycles. The first-order chi connectivity index (χ1) is 9.94. The molecule has 0 spiro atoms. The number of hydrogen-bond donors (Lipinski definition) is 3. The van der Waals surface area contributed by atoms with Gasteiger partial charge in [0.1, 0.15) is 10.6 Å². The Morgan fingerprint density at radius 3 is 2.57 bits per heavy atom. The van der Waals surface area contributed by atoms with E-state index in [0.717, 1.165) is 5.56 Å². The van der Waals surface area contributed by atoms with Crippen molar-refractivity contribution < 1.29 is 13.5 Å². The molecule has 3 N–H and O–H groups in total. The Bertz CT molecular complexity index is 748. The van der Waals surface area contributed by atoms with Crippen LogP contribution >= 0.6 is 11.6 Å². The van der Waals surface area contributed by atoms with Gasteiger partial charge in [0.2, 0.25) is 10.0 Å². The third kappa shape index (κ3) is 3.66. The van der Waals surface area contributed by atoms with Crippen molar-refractivity contribution in [2.75, 3.05) is 12.4 Å². The summed E-state index contributed by atoms with van der Waals surface area (Å²) in [4.78, 5) is 0.178. The van der Waals surface area contributed by atoms with Crippen molar-refractivity contribution in [3.8, 4) is 5.75 Å². The molecule has 0 saturated heterocycles. The molecule has 0 fully saturated rings. The molecule has 7 heteroatoms. The van der Waals surface area contributed by atoms with E-state index in [4.69, 9.17) is 11.6 Å². The van der Waals surface area contributed by atoms with Gasteiger partial charge in [0.15, 0.2) is 0 Å². The highest BCUT2D eigenvalue weighted by molar-refractivity contribution is 7.89. The van der Waals surface area contributed by atoms with E-state index in [1.165, 1.54) is 19.2 Å². The van der Waals surface area contributed by atoms with Gasteiger partial charge in [-0.15, -0.1) is 0 Å². The van der Waals surface area contributed by atoms with E-state index in [9.17, 15) is 13.5 Å². The molecule has 0 bridgehead atoms. The molecule has 5 nitrogen and oxygen atoms in total. The quantitative estimate of drug-likeness (QED) is 0.789. The monoisotopic (exact) mass is 326 g/mol. The number of phenols is 1. The van der Waals surface area contributed by atoms with Crippen LogP contribution in [0, 0.1) is 0 Å². The molecule has 0 radical (unpaired) electrons. The Balaban J connectivity index is 2.23. The molecule has 0 saturated carbocycles. The molecular weight excluding hydrogens is 312 g/mol. The molecule has 0 unspecified atom stereocenters. The minimum atomic E-state index is -3.53. The number of sulfonamides is 1. The molecule has 21 heavy (non-hydrogen) atoms. The number of benzene rings is 2. The minimum absolute atomic E-state index is 0.0126. The second kappa shape index (κ2) is 6.34. The van der Waals surface area contributed by atoms with Gasteiger partial charge in [-0.05, 0) is 36.9 Å². The molecule has 0 amide bonds. The van der Waals surface area contributed by atoms with Crippen molar-refractivity contribution in [2.45, 2.75) is 11.4 Å². The zero-order valence-electron chi connectivity index (χ0n) is 11.3. The Labute approximate surface area is 128 Å². The van der Waals surface area contributed by atoms with Gasteiger partial charge in [-0.3, -0.25) is 0 Å². The summed E-state index contributed by atoms with van der Waals surface area (Å²) >= 11 is 5.84. The van der Waals surface area contributed by atoms with E-state index < -0.39 is 10.0 Å². The van der Waals surface area contributed by atoms with Crippen molar-refractivity contribution in [2.24, 2.45) is 0 Å². The first kappa shape index (κ1) is 15.6. The lowest BCUT2D eigenvalue weighted by Crippen LogP contribution is -2.20. The molecular formula is C14H15ClN2O3S. The second-order valence-electron chi connectivity index (χ2n) is 4.34. The van der Waals surface area contributed by atoms with Crippen LogP contribution in [0.15, 0.2) is 47.4 Å². The van der Waals surface area contributed by atoms with E-state index in [0.29, 0.717) is 12.2 Å². The first-order valence-electron chi connectivity index (χ1n) is 6.18. The molecule has 2 aromatic rings. The average Bonchev–Trinajstić information content (AvgIpc) is 2.49. The number of aromatic hydroxyl groups is 1. The minimum Gasteiger partial charge on any atom is -0.506 e. The third-order valence-electron chi connectivity index (χ3n) is 2.94. The van der Waals surface area contributed by atoms with Crippen molar-refractivity contribution in [3.63, 3.8) is 0 Å². The maximum absolute atomic E-state index is 11.9. The summed E-state index contributed by atoms with van der Waals surface area (Å²) in [5, 5.41) is 12.7. The van der Waals surface area contributed by atoms with Crippen molar-refractivity contribution in [1.82, 2.24) is 4.72 Å². The molecule has 0 aliphatic rings. The average molecular weight is 327 g/mol. The molecule has 0 aliphatic carbocycles. The van der Waals surface area contributed by atoms with Crippen LogP contribution in [0.5, 0.6) is 5.75 Å². The van der Waals surface area contributed by atoms with Gasteiger partial charge in [0, 0.05) is 6.54 Å². The Morgan fingerprint density at radius 1 is 1.19 bits per heavy atom. The van der Waals surface area contributed by atoms with Crippen LogP contribution < -0.4 is 10.0 Å². The maximum Gasteiger partial charge on any atom is 0.242 e. The lowest BCUT2D eigenvalue weighted by Gasteiger charge is -2.12. The van der Waals surface area contributed by atoms with Crippen LogP contribution in [0.2, 0.25) is 5.02 Å². The molecule has 2 rings (SSSR count). The van der Waals surface area contributed by atoms with Crippen LogP contribution in [-0.4, -0.2) is 20.6 Å². The number of rotatable bonds is 5. The highest BCUT2D eigenvalue weighted by Gasteiger charge is 2.15. The standard InChI is InChI=1S/C14H15ClN2O3S/c1-16-21(19,20)14-5-3-2-4-12(14)17-9-10-6-7-13(18)11(15)8-10/h2-8,16-18H,9H2,1H3. The lowest BCUT2D eigenvalue weighted by molar-refractivity contribution is 0.475. The van der Waals surface area contributed by atoms with Gasteiger partial charge in [0.05, 0.1) is 10.7 Å². The number of phenolic OH excluding ortho intramolecular Hbond substituents is 1. The number of anilines is 1. The van der Waals surface area contributed by atoms with Gasteiger partial charge in [0.25, 0.3) is 0 Å². The third-order valence-corrected chi connectivity index (χ3v) is 4.72. The van der Waals surface area contributed by atoms with E-state index in [1.54, 1.807) is 30.3 Å². The van der Waals surface area contributed by atoms with E-state index in [-0.39, 0.29) is 15.7 Å². The van der Waals surface area contributed by atoms with Crippen molar-refractivity contribution >= 4 is 27.3 Å². The first-order valence-corrected chi connectivity index (χ1v) is 8.04.